The molecule has 1 aliphatic heterocycles. The van der Waals surface area contributed by atoms with E-state index in [2.05, 4.69) is 0 Å². The van der Waals surface area contributed by atoms with Crippen LogP contribution in [0.5, 0.6) is 0 Å². The van der Waals surface area contributed by atoms with Crippen molar-refractivity contribution in [3.05, 3.63) is 29.8 Å². The topological polar surface area (TPSA) is 52.6 Å². The first-order chi connectivity index (χ1) is 8.91. The molecule has 0 aliphatic carbocycles. The molecule has 0 amide bonds. The average molecular weight is 288 g/mol. The summed E-state index contributed by atoms with van der Waals surface area (Å²) < 4.78 is 47.9. The SMILES string of the molecule is Cc1ccc(S(=O)(=O)OCC2(F)CCOCC2)cc1. The summed E-state index contributed by atoms with van der Waals surface area (Å²) in [5.41, 5.74) is -0.666. The number of ether oxygens (including phenoxy) is 1. The molecule has 1 aromatic carbocycles. The Morgan fingerprint density at radius 2 is 1.84 bits per heavy atom. The summed E-state index contributed by atoms with van der Waals surface area (Å²) in [7, 11) is -3.90. The molecule has 1 aliphatic rings. The van der Waals surface area contributed by atoms with Crippen LogP contribution in [0.4, 0.5) is 4.39 Å². The molecule has 1 heterocycles. The van der Waals surface area contributed by atoms with Crippen LogP contribution in [-0.4, -0.2) is 33.9 Å². The van der Waals surface area contributed by atoms with E-state index in [4.69, 9.17) is 8.92 Å². The van der Waals surface area contributed by atoms with Crippen molar-refractivity contribution in [1.82, 2.24) is 0 Å². The monoisotopic (exact) mass is 288 g/mol. The highest BCUT2D eigenvalue weighted by atomic mass is 32.2. The minimum atomic E-state index is -3.90. The number of halogens is 1. The number of rotatable bonds is 4. The highest BCUT2D eigenvalue weighted by Crippen LogP contribution is 2.27. The van der Waals surface area contributed by atoms with Crippen molar-refractivity contribution in [2.45, 2.75) is 30.3 Å². The third-order valence-electron chi connectivity index (χ3n) is 3.17. The summed E-state index contributed by atoms with van der Waals surface area (Å²) in [4.78, 5) is 0.0498. The predicted octanol–water partition coefficient (Wildman–Crippen LogP) is 2.22. The van der Waals surface area contributed by atoms with Crippen LogP contribution in [-0.2, 0) is 19.0 Å². The second kappa shape index (κ2) is 5.56. The van der Waals surface area contributed by atoms with Crippen LogP contribution in [0.25, 0.3) is 0 Å². The van der Waals surface area contributed by atoms with E-state index in [1.165, 1.54) is 12.1 Å². The second-order valence-electron chi connectivity index (χ2n) is 4.79. The van der Waals surface area contributed by atoms with Crippen molar-refractivity contribution in [2.75, 3.05) is 19.8 Å². The molecule has 0 unspecified atom stereocenters. The first-order valence-electron chi connectivity index (χ1n) is 6.14. The van der Waals surface area contributed by atoms with Gasteiger partial charge in [-0.15, -0.1) is 0 Å². The number of benzene rings is 1. The summed E-state index contributed by atoms with van der Waals surface area (Å²) in [6.07, 6.45) is 0.326. The largest absolute Gasteiger partial charge is 0.381 e. The molecule has 6 heteroatoms. The van der Waals surface area contributed by atoms with E-state index < -0.39 is 22.4 Å². The van der Waals surface area contributed by atoms with E-state index in [0.29, 0.717) is 13.2 Å². The van der Waals surface area contributed by atoms with E-state index in [1.807, 2.05) is 6.92 Å². The molecule has 1 saturated heterocycles. The standard InChI is InChI=1S/C13H17FO4S/c1-11-2-4-12(5-3-11)19(15,16)18-10-13(14)6-8-17-9-7-13/h2-5H,6-10H2,1H3. The van der Waals surface area contributed by atoms with Gasteiger partial charge in [-0.25, -0.2) is 4.39 Å². The minimum Gasteiger partial charge on any atom is -0.381 e. The van der Waals surface area contributed by atoms with Crippen LogP contribution in [0.3, 0.4) is 0 Å². The molecule has 1 aromatic rings. The summed E-state index contributed by atoms with van der Waals surface area (Å²) >= 11 is 0. The Hall–Kier alpha value is -0.980. The van der Waals surface area contributed by atoms with Crippen molar-refractivity contribution >= 4 is 10.1 Å². The maximum atomic E-state index is 14.2. The van der Waals surface area contributed by atoms with Gasteiger partial charge in [0, 0.05) is 26.1 Å². The lowest BCUT2D eigenvalue weighted by atomic mass is 9.98. The van der Waals surface area contributed by atoms with E-state index in [1.54, 1.807) is 12.1 Å². The third kappa shape index (κ3) is 3.75. The molecule has 1 fully saturated rings. The molecule has 0 bridgehead atoms. The van der Waals surface area contributed by atoms with Gasteiger partial charge >= 0.3 is 0 Å². The molecule has 0 atom stereocenters. The number of hydrogen-bond donors (Lipinski definition) is 0. The summed E-state index contributed by atoms with van der Waals surface area (Å²) in [6.45, 7) is 2.00. The minimum absolute atomic E-state index is 0.0498. The summed E-state index contributed by atoms with van der Waals surface area (Å²) in [5, 5.41) is 0. The fraction of sp³-hybridized carbons (Fsp3) is 0.538. The quantitative estimate of drug-likeness (QED) is 0.797. The predicted molar refractivity (Wildman–Crippen MR) is 68.2 cm³/mol. The first kappa shape index (κ1) is 14.4. The van der Waals surface area contributed by atoms with Crippen molar-refractivity contribution in [2.24, 2.45) is 0 Å². The Balaban J connectivity index is 2.03. The number of alkyl halides is 1. The third-order valence-corrected chi connectivity index (χ3v) is 4.45. The van der Waals surface area contributed by atoms with Crippen molar-refractivity contribution in [1.29, 1.82) is 0 Å². The molecule has 0 saturated carbocycles. The zero-order valence-electron chi connectivity index (χ0n) is 10.8. The van der Waals surface area contributed by atoms with Crippen LogP contribution >= 0.6 is 0 Å². The van der Waals surface area contributed by atoms with Gasteiger partial charge < -0.3 is 4.74 Å². The Labute approximate surface area is 112 Å². The Morgan fingerprint density at radius 3 is 2.42 bits per heavy atom. The maximum absolute atomic E-state index is 14.2. The van der Waals surface area contributed by atoms with Crippen LogP contribution in [0.2, 0.25) is 0 Å². The van der Waals surface area contributed by atoms with Crippen LogP contribution < -0.4 is 0 Å². The van der Waals surface area contributed by atoms with Crippen LogP contribution in [0, 0.1) is 6.92 Å². The summed E-state index contributed by atoms with van der Waals surface area (Å²) in [6, 6.07) is 6.27. The highest BCUT2D eigenvalue weighted by molar-refractivity contribution is 7.86. The molecule has 0 N–H and O–H groups in total. The van der Waals surface area contributed by atoms with Gasteiger partial charge in [-0.1, -0.05) is 17.7 Å². The van der Waals surface area contributed by atoms with Gasteiger partial charge in [0.2, 0.25) is 0 Å². The normalized spacial score (nSPS) is 19.3. The molecule has 2 rings (SSSR count). The Morgan fingerprint density at radius 1 is 1.26 bits per heavy atom. The molecule has 4 nitrogen and oxygen atoms in total. The Kier molecular flexibility index (Phi) is 4.23. The van der Waals surface area contributed by atoms with Gasteiger partial charge in [-0.2, -0.15) is 8.42 Å². The molecule has 0 radical (unpaired) electrons. The maximum Gasteiger partial charge on any atom is 0.297 e. The molecule has 106 valence electrons. The van der Waals surface area contributed by atoms with Crippen molar-refractivity contribution in [3.63, 3.8) is 0 Å². The van der Waals surface area contributed by atoms with Gasteiger partial charge in [-0.3, -0.25) is 4.18 Å². The fourth-order valence-electron chi connectivity index (χ4n) is 1.84. The van der Waals surface area contributed by atoms with Crippen LogP contribution in [0.1, 0.15) is 18.4 Å². The lowest BCUT2D eigenvalue weighted by Crippen LogP contribution is -2.37. The van der Waals surface area contributed by atoms with Crippen molar-refractivity contribution < 1.29 is 21.7 Å². The molecule has 0 aromatic heterocycles. The molecule has 19 heavy (non-hydrogen) atoms. The van der Waals surface area contributed by atoms with Gasteiger partial charge in [0.05, 0.1) is 4.90 Å². The lowest BCUT2D eigenvalue weighted by Gasteiger charge is -2.28. The summed E-state index contributed by atoms with van der Waals surface area (Å²) in [5.74, 6) is 0. The number of aryl methyl sites for hydroxylation is 1. The molecular formula is C13H17FO4S. The van der Waals surface area contributed by atoms with E-state index in [0.717, 1.165) is 5.56 Å². The number of hydrogen-bond acceptors (Lipinski definition) is 4. The fourth-order valence-corrected chi connectivity index (χ4v) is 2.81. The second-order valence-corrected chi connectivity index (χ2v) is 6.41. The first-order valence-corrected chi connectivity index (χ1v) is 7.55. The molecular weight excluding hydrogens is 271 g/mol. The highest BCUT2D eigenvalue weighted by Gasteiger charge is 2.34. The lowest BCUT2D eigenvalue weighted by molar-refractivity contribution is -0.0312. The zero-order chi connectivity index (χ0) is 13.9. The van der Waals surface area contributed by atoms with Gasteiger partial charge in [0.1, 0.15) is 12.3 Å². The average Bonchev–Trinajstić information content (AvgIpc) is 2.38. The van der Waals surface area contributed by atoms with E-state index in [9.17, 15) is 12.8 Å². The van der Waals surface area contributed by atoms with Gasteiger partial charge in [0.25, 0.3) is 10.1 Å². The Bertz CT molecular complexity index is 518. The van der Waals surface area contributed by atoms with Crippen molar-refractivity contribution in [3.8, 4) is 0 Å². The molecule has 0 spiro atoms. The van der Waals surface area contributed by atoms with E-state index in [-0.39, 0.29) is 17.7 Å². The zero-order valence-corrected chi connectivity index (χ0v) is 11.6. The van der Waals surface area contributed by atoms with Gasteiger partial charge in [-0.05, 0) is 19.1 Å². The van der Waals surface area contributed by atoms with E-state index >= 15 is 0 Å². The smallest absolute Gasteiger partial charge is 0.297 e. The van der Waals surface area contributed by atoms with Crippen LogP contribution in [0.15, 0.2) is 29.2 Å². The van der Waals surface area contributed by atoms with Gasteiger partial charge in [0.15, 0.2) is 0 Å².